The zero-order valence-corrected chi connectivity index (χ0v) is 11.3. The van der Waals surface area contributed by atoms with Gasteiger partial charge in [-0.1, -0.05) is 35.8 Å². The van der Waals surface area contributed by atoms with Crippen molar-refractivity contribution in [2.75, 3.05) is 0 Å². The molecule has 15 heavy (non-hydrogen) atoms. The zero-order valence-electron chi connectivity index (χ0n) is 9.67. The molecule has 0 fully saturated rings. The summed E-state index contributed by atoms with van der Waals surface area (Å²) in [6.07, 6.45) is 7.86. The van der Waals surface area contributed by atoms with E-state index in [1.165, 1.54) is 30.5 Å². The average Bonchev–Trinajstić information content (AvgIpc) is 2.29. The Hall–Kier alpha value is -0.370. The van der Waals surface area contributed by atoms with E-state index in [9.17, 15) is 0 Å². The smallest absolute Gasteiger partial charge is 0.0403 e. The Kier molecular flexibility index (Phi) is 5.92. The maximum Gasteiger partial charge on any atom is 0.0403 e. The highest BCUT2D eigenvalue weighted by atomic mass is 79.9. The summed E-state index contributed by atoms with van der Waals surface area (Å²) in [5, 5.41) is 0. The first-order valence-electron chi connectivity index (χ1n) is 5.84. The van der Waals surface area contributed by atoms with Crippen molar-refractivity contribution in [2.45, 2.75) is 50.8 Å². The van der Waals surface area contributed by atoms with Crippen LogP contribution < -0.4 is 0 Å². The predicted molar refractivity (Wildman–Crippen MR) is 69.6 cm³/mol. The van der Waals surface area contributed by atoms with Gasteiger partial charge in [0.25, 0.3) is 0 Å². The van der Waals surface area contributed by atoms with Crippen LogP contribution in [0.2, 0.25) is 0 Å². The van der Waals surface area contributed by atoms with Crippen molar-refractivity contribution in [1.82, 2.24) is 4.98 Å². The number of rotatable bonds is 6. The van der Waals surface area contributed by atoms with Gasteiger partial charge in [-0.2, -0.15) is 0 Å². The molecule has 1 rings (SSSR count). The van der Waals surface area contributed by atoms with Crippen molar-refractivity contribution in [3.8, 4) is 0 Å². The van der Waals surface area contributed by atoms with Crippen molar-refractivity contribution in [2.24, 2.45) is 0 Å². The summed E-state index contributed by atoms with van der Waals surface area (Å²) < 4.78 is 0. The summed E-state index contributed by atoms with van der Waals surface area (Å²) in [5.41, 5.74) is 2.55. The first kappa shape index (κ1) is 12.7. The molecule has 1 aromatic heterocycles. The molecule has 0 saturated carbocycles. The fraction of sp³-hybridized carbons (Fsp3) is 0.615. The van der Waals surface area contributed by atoms with Gasteiger partial charge in [-0.3, -0.25) is 4.98 Å². The van der Waals surface area contributed by atoms with Gasteiger partial charge < -0.3 is 0 Å². The maximum atomic E-state index is 4.46. The topological polar surface area (TPSA) is 12.9 Å². The predicted octanol–water partition coefficient (Wildman–Crippen LogP) is 4.14. The molecular formula is C13H20BrN. The largest absolute Gasteiger partial charge is 0.261 e. The fourth-order valence-corrected chi connectivity index (χ4v) is 1.84. The highest BCUT2D eigenvalue weighted by molar-refractivity contribution is 9.09. The Labute approximate surface area is 101 Å². The molecule has 1 atom stereocenters. The lowest BCUT2D eigenvalue weighted by Crippen LogP contribution is -1.98. The zero-order chi connectivity index (χ0) is 11.1. The molecule has 0 spiro atoms. The van der Waals surface area contributed by atoms with Crippen molar-refractivity contribution in [3.63, 3.8) is 0 Å². The Morgan fingerprint density at radius 3 is 2.67 bits per heavy atom. The molecule has 0 aliphatic heterocycles. The van der Waals surface area contributed by atoms with Gasteiger partial charge >= 0.3 is 0 Å². The summed E-state index contributed by atoms with van der Waals surface area (Å²) in [6.45, 7) is 4.38. The van der Waals surface area contributed by atoms with Gasteiger partial charge in [0.05, 0.1) is 0 Å². The van der Waals surface area contributed by atoms with E-state index in [2.05, 4.69) is 46.9 Å². The lowest BCUT2D eigenvalue weighted by atomic mass is 10.1. The van der Waals surface area contributed by atoms with Crippen LogP contribution in [0, 0.1) is 0 Å². The summed E-state index contributed by atoms with van der Waals surface area (Å²) in [4.78, 5) is 5.13. The molecule has 0 aromatic carbocycles. The van der Waals surface area contributed by atoms with Crippen LogP contribution in [-0.4, -0.2) is 9.81 Å². The Morgan fingerprint density at radius 1 is 1.33 bits per heavy atom. The minimum Gasteiger partial charge on any atom is -0.261 e. The molecule has 0 N–H and O–H groups in total. The van der Waals surface area contributed by atoms with Crippen molar-refractivity contribution in [3.05, 3.63) is 29.6 Å². The van der Waals surface area contributed by atoms with E-state index in [0.29, 0.717) is 4.83 Å². The van der Waals surface area contributed by atoms with Crippen LogP contribution in [0.15, 0.2) is 18.3 Å². The third-order valence-corrected chi connectivity index (χ3v) is 3.79. The molecule has 0 amide bonds. The van der Waals surface area contributed by atoms with Crippen molar-refractivity contribution < 1.29 is 0 Å². The second-order valence-corrected chi connectivity index (χ2v) is 5.20. The standard InChI is InChI=1S/C13H20BrN/c1-3-11-8-9-13(15-10-11)7-5-6-12(14)4-2/h8-10,12H,3-7H2,1-2H3. The van der Waals surface area contributed by atoms with Gasteiger partial charge in [0.2, 0.25) is 0 Å². The normalized spacial score (nSPS) is 12.7. The van der Waals surface area contributed by atoms with Crippen LogP contribution in [-0.2, 0) is 12.8 Å². The number of aryl methyl sites for hydroxylation is 2. The van der Waals surface area contributed by atoms with Crippen LogP contribution >= 0.6 is 15.9 Å². The third-order valence-electron chi connectivity index (χ3n) is 2.69. The molecule has 84 valence electrons. The maximum absolute atomic E-state index is 4.46. The van der Waals surface area contributed by atoms with Gasteiger partial charge in [-0.25, -0.2) is 0 Å². The van der Waals surface area contributed by atoms with E-state index >= 15 is 0 Å². The third kappa shape index (κ3) is 4.78. The quantitative estimate of drug-likeness (QED) is 0.708. The first-order chi connectivity index (χ1) is 7.26. The number of pyridine rings is 1. The molecule has 0 aliphatic carbocycles. The minimum absolute atomic E-state index is 0.674. The molecule has 0 radical (unpaired) electrons. The van der Waals surface area contributed by atoms with E-state index < -0.39 is 0 Å². The van der Waals surface area contributed by atoms with Crippen LogP contribution in [0.3, 0.4) is 0 Å². The van der Waals surface area contributed by atoms with Gasteiger partial charge in [0, 0.05) is 16.7 Å². The molecule has 1 unspecified atom stereocenters. The lowest BCUT2D eigenvalue weighted by Gasteiger charge is -2.06. The van der Waals surface area contributed by atoms with Crippen molar-refractivity contribution >= 4 is 15.9 Å². The van der Waals surface area contributed by atoms with Gasteiger partial charge in [-0.05, 0) is 43.7 Å². The van der Waals surface area contributed by atoms with Crippen LogP contribution in [0.5, 0.6) is 0 Å². The molecule has 0 saturated heterocycles. The number of alkyl halides is 1. The first-order valence-corrected chi connectivity index (χ1v) is 6.75. The number of halogens is 1. The van der Waals surface area contributed by atoms with Crippen LogP contribution in [0.25, 0.3) is 0 Å². The summed E-state index contributed by atoms with van der Waals surface area (Å²) in [7, 11) is 0. The van der Waals surface area contributed by atoms with Crippen molar-refractivity contribution in [1.29, 1.82) is 0 Å². The summed E-state index contributed by atoms with van der Waals surface area (Å²) >= 11 is 3.65. The fourth-order valence-electron chi connectivity index (χ4n) is 1.52. The SMILES string of the molecule is CCc1ccc(CCCC(Br)CC)nc1. The van der Waals surface area contributed by atoms with E-state index in [0.717, 1.165) is 12.8 Å². The molecule has 0 bridgehead atoms. The Morgan fingerprint density at radius 2 is 2.13 bits per heavy atom. The molecule has 1 aromatic rings. The second-order valence-electron chi connectivity index (χ2n) is 3.91. The monoisotopic (exact) mass is 269 g/mol. The van der Waals surface area contributed by atoms with E-state index in [4.69, 9.17) is 0 Å². The number of hydrogen-bond acceptors (Lipinski definition) is 1. The highest BCUT2D eigenvalue weighted by Gasteiger charge is 2.01. The molecule has 1 heterocycles. The minimum atomic E-state index is 0.674. The van der Waals surface area contributed by atoms with E-state index in [1.54, 1.807) is 0 Å². The lowest BCUT2D eigenvalue weighted by molar-refractivity contribution is 0.682. The average molecular weight is 270 g/mol. The summed E-state index contributed by atoms with van der Waals surface area (Å²) in [5.74, 6) is 0. The number of hydrogen-bond donors (Lipinski definition) is 0. The second kappa shape index (κ2) is 7.00. The summed E-state index contributed by atoms with van der Waals surface area (Å²) in [6, 6.07) is 4.35. The Balaban J connectivity index is 2.31. The van der Waals surface area contributed by atoms with Crippen LogP contribution in [0.1, 0.15) is 44.4 Å². The molecule has 2 heteroatoms. The Bertz CT molecular complexity index is 268. The number of aromatic nitrogens is 1. The highest BCUT2D eigenvalue weighted by Crippen LogP contribution is 2.13. The van der Waals surface area contributed by atoms with Gasteiger partial charge in [-0.15, -0.1) is 0 Å². The van der Waals surface area contributed by atoms with E-state index in [-0.39, 0.29) is 0 Å². The van der Waals surface area contributed by atoms with Crippen LogP contribution in [0.4, 0.5) is 0 Å². The number of nitrogens with zero attached hydrogens (tertiary/aromatic N) is 1. The molecule has 0 aliphatic rings. The van der Waals surface area contributed by atoms with Gasteiger partial charge in [0.1, 0.15) is 0 Å². The molecular weight excluding hydrogens is 250 g/mol. The van der Waals surface area contributed by atoms with Gasteiger partial charge in [0.15, 0.2) is 0 Å². The van der Waals surface area contributed by atoms with E-state index in [1.807, 2.05) is 6.20 Å². The molecule has 1 nitrogen and oxygen atoms in total.